The van der Waals surface area contributed by atoms with Gasteiger partial charge in [-0.2, -0.15) is 0 Å². The zero-order chi connectivity index (χ0) is 14.5. The molecular formula is C15H17N3O2. The molecule has 1 heterocycles. The number of hydrogen-bond acceptors (Lipinski definition) is 3. The number of benzene rings is 1. The summed E-state index contributed by atoms with van der Waals surface area (Å²) in [5.74, 6) is 0.0204. The zero-order valence-electron chi connectivity index (χ0n) is 11.5. The Morgan fingerprint density at radius 3 is 2.80 bits per heavy atom. The Labute approximate surface area is 117 Å². The fourth-order valence-electron chi connectivity index (χ4n) is 1.91. The van der Waals surface area contributed by atoms with Crippen LogP contribution < -0.4 is 10.9 Å². The van der Waals surface area contributed by atoms with Crippen molar-refractivity contribution in [3.05, 3.63) is 58.3 Å². The summed E-state index contributed by atoms with van der Waals surface area (Å²) < 4.78 is 0. The highest BCUT2D eigenvalue weighted by Crippen LogP contribution is 2.26. The Bertz CT molecular complexity index is 644. The number of nitrogens with one attached hydrogen (secondary N) is 2. The Balaban J connectivity index is 2.24. The average molecular weight is 271 g/mol. The monoisotopic (exact) mass is 271 g/mol. The third kappa shape index (κ3) is 3.12. The van der Waals surface area contributed by atoms with Gasteiger partial charge in [0.2, 0.25) is 0 Å². The molecule has 0 aliphatic heterocycles. The highest BCUT2D eigenvalue weighted by Gasteiger charge is 2.13. The highest BCUT2D eigenvalue weighted by molar-refractivity contribution is 6.03. The lowest BCUT2D eigenvalue weighted by molar-refractivity contribution is 0.102. The molecule has 0 aliphatic carbocycles. The molecule has 5 nitrogen and oxygen atoms in total. The maximum absolute atomic E-state index is 12.1. The maximum atomic E-state index is 12.1. The Morgan fingerprint density at radius 2 is 2.15 bits per heavy atom. The van der Waals surface area contributed by atoms with Crippen LogP contribution in [0.5, 0.6) is 0 Å². The normalized spacial score (nSPS) is 11.9. The zero-order valence-corrected chi connectivity index (χ0v) is 11.5. The van der Waals surface area contributed by atoms with Crippen molar-refractivity contribution >= 4 is 11.6 Å². The fraction of sp³-hybridized carbons (Fsp3) is 0.267. The van der Waals surface area contributed by atoms with Gasteiger partial charge < -0.3 is 10.3 Å². The van der Waals surface area contributed by atoms with E-state index in [2.05, 4.69) is 29.1 Å². The molecule has 2 N–H and O–H groups in total. The Hall–Kier alpha value is -2.43. The summed E-state index contributed by atoms with van der Waals surface area (Å²) in [5.41, 5.74) is 1.72. The smallest absolute Gasteiger partial charge is 0.275 e. The van der Waals surface area contributed by atoms with Gasteiger partial charge in [-0.1, -0.05) is 32.0 Å². The third-order valence-electron chi connectivity index (χ3n) is 3.26. The van der Waals surface area contributed by atoms with E-state index in [-0.39, 0.29) is 17.2 Å². The van der Waals surface area contributed by atoms with Crippen molar-refractivity contribution in [2.75, 3.05) is 5.32 Å². The molecule has 0 aliphatic rings. The van der Waals surface area contributed by atoms with Crippen molar-refractivity contribution in [2.24, 2.45) is 0 Å². The van der Waals surface area contributed by atoms with Gasteiger partial charge in [0, 0.05) is 11.9 Å². The van der Waals surface area contributed by atoms with Gasteiger partial charge in [-0.15, -0.1) is 0 Å². The number of H-pyrrole nitrogens is 1. The third-order valence-corrected chi connectivity index (χ3v) is 3.26. The second-order valence-electron chi connectivity index (χ2n) is 4.65. The first-order valence-corrected chi connectivity index (χ1v) is 6.56. The van der Waals surface area contributed by atoms with E-state index in [1.54, 1.807) is 0 Å². The van der Waals surface area contributed by atoms with Crippen molar-refractivity contribution in [3.8, 4) is 0 Å². The minimum absolute atomic E-state index is 0.184. The average Bonchev–Trinajstić information content (AvgIpc) is 2.47. The van der Waals surface area contributed by atoms with Gasteiger partial charge in [0.25, 0.3) is 11.5 Å². The largest absolute Gasteiger partial charge is 0.325 e. The van der Waals surface area contributed by atoms with Crippen molar-refractivity contribution < 1.29 is 4.79 Å². The Kier molecular flexibility index (Phi) is 4.30. The number of para-hydroxylation sites is 1. The molecule has 1 unspecified atom stereocenters. The minimum Gasteiger partial charge on any atom is -0.325 e. The molecule has 0 bridgehead atoms. The first kappa shape index (κ1) is 14.0. The first-order chi connectivity index (χ1) is 9.61. The number of nitrogens with zero attached hydrogens (tertiary/aromatic N) is 1. The number of anilines is 1. The molecule has 0 fully saturated rings. The summed E-state index contributed by atoms with van der Waals surface area (Å²) in [7, 11) is 0. The second kappa shape index (κ2) is 6.14. The second-order valence-corrected chi connectivity index (χ2v) is 4.65. The van der Waals surface area contributed by atoms with Crippen LogP contribution >= 0.6 is 0 Å². The van der Waals surface area contributed by atoms with Crippen LogP contribution in [0.4, 0.5) is 5.69 Å². The van der Waals surface area contributed by atoms with Crippen LogP contribution in [0, 0.1) is 0 Å². The van der Waals surface area contributed by atoms with E-state index in [1.807, 2.05) is 24.3 Å². The number of amides is 1. The van der Waals surface area contributed by atoms with E-state index in [4.69, 9.17) is 0 Å². The number of carbonyl (C=O) groups excluding carboxylic acids is 1. The van der Waals surface area contributed by atoms with Crippen molar-refractivity contribution in [1.29, 1.82) is 0 Å². The minimum atomic E-state index is -0.336. The quantitative estimate of drug-likeness (QED) is 0.897. The van der Waals surface area contributed by atoms with E-state index >= 15 is 0 Å². The van der Waals surface area contributed by atoms with Gasteiger partial charge >= 0.3 is 0 Å². The predicted molar refractivity (Wildman–Crippen MR) is 78.0 cm³/mol. The molecule has 0 saturated carbocycles. The summed E-state index contributed by atoms with van der Waals surface area (Å²) >= 11 is 0. The van der Waals surface area contributed by atoms with Crippen molar-refractivity contribution in [2.45, 2.75) is 26.2 Å². The number of aromatic amines is 1. The summed E-state index contributed by atoms with van der Waals surface area (Å²) in [4.78, 5) is 29.3. The number of carbonyl (C=O) groups is 1. The maximum Gasteiger partial charge on any atom is 0.275 e. The van der Waals surface area contributed by atoms with E-state index in [0.717, 1.165) is 23.9 Å². The molecule has 2 rings (SSSR count). The molecule has 2 aromatic rings. The molecule has 0 spiro atoms. The molecular weight excluding hydrogens is 254 g/mol. The van der Waals surface area contributed by atoms with E-state index in [1.165, 1.54) is 6.20 Å². The van der Waals surface area contributed by atoms with Crippen LogP contribution in [-0.2, 0) is 0 Å². The van der Waals surface area contributed by atoms with E-state index in [9.17, 15) is 9.59 Å². The van der Waals surface area contributed by atoms with Crippen LogP contribution in [0.1, 0.15) is 42.2 Å². The number of rotatable bonds is 4. The van der Waals surface area contributed by atoms with E-state index in [0.29, 0.717) is 5.92 Å². The Morgan fingerprint density at radius 1 is 1.40 bits per heavy atom. The summed E-state index contributed by atoms with van der Waals surface area (Å²) in [6.07, 6.45) is 3.39. The molecule has 1 atom stereocenters. The van der Waals surface area contributed by atoms with Crippen LogP contribution in [0.15, 0.2) is 41.5 Å². The van der Waals surface area contributed by atoms with Crippen LogP contribution in [0.3, 0.4) is 0 Å². The summed E-state index contributed by atoms with van der Waals surface area (Å²) in [5, 5.41) is 2.84. The van der Waals surface area contributed by atoms with Crippen LogP contribution in [0.25, 0.3) is 0 Å². The van der Waals surface area contributed by atoms with Crippen LogP contribution in [-0.4, -0.2) is 15.9 Å². The molecule has 5 heteroatoms. The first-order valence-electron chi connectivity index (χ1n) is 6.56. The molecule has 0 saturated heterocycles. The standard InChI is InChI=1S/C15H17N3O2/c1-3-10(2)11-6-4-5-7-12(11)18-15(20)13-8-17-14(19)9-16-13/h4-10H,3H2,1-2H3,(H,17,19)(H,18,20). The fourth-order valence-corrected chi connectivity index (χ4v) is 1.91. The SMILES string of the molecule is CCC(C)c1ccccc1NC(=O)c1c[nH]c(=O)cn1. The highest BCUT2D eigenvalue weighted by atomic mass is 16.2. The molecule has 0 radical (unpaired) electrons. The van der Waals surface area contributed by atoms with Crippen LogP contribution in [0.2, 0.25) is 0 Å². The van der Waals surface area contributed by atoms with Gasteiger partial charge in [0.15, 0.2) is 0 Å². The number of hydrogen-bond donors (Lipinski definition) is 2. The molecule has 104 valence electrons. The van der Waals surface area contributed by atoms with E-state index < -0.39 is 0 Å². The predicted octanol–water partition coefficient (Wildman–Crippen LogP) is 2.54. The van der Waals surface area contributed by atoms with Gasteiger partial charge in [0.05, 0.1) is 6.20 Å². The van der Waals surface area contributed by atoms with Crippen molar-refractivity contribution in [3.63, 3.8) is 0 Å². The molecule has 1 aromatic heterocycles. The number of aromatic nitrogens is 2. The summed E-state index contributed by atoms with van der Waals surface area (Å²) in [6.45, 7) is 4.22. The lowest BCUT2D eigenvalue weighted by Gasteiger charge is -2.15. The van der Waals surface area contributed by atoms with Crippen molar-refractivity contribution in [1.82, 2.24) is 9.97 Å². The van der Waals surface area contributed by atoms with Gasteiger partial charge in [0.1, 0.15) is 5.69 Å². The topological polar surface area (TPSA) is 74.8 Å². The molecule has 1 aromatic carbocycles. The van der Waals surface area contributed by atoms with Gasteiger partial charge in [-0.3, -0.25) is 9.59 Å². The summed E-state index contributed by atoms with van der Waals surface area (Å²) in [6, 6.07) is 7.70. The van der Waals surface area contributed by atoms with Gasteiger partial charge in [-0.05, 0) is 24.0 Å². The van der Waals surface area contributed by atoms with Gasteiger partial charge in [-0.25, -0.2) is 4.98 Å². The lowest BCUT2D eigenvalue weighted by Crippen LogP contribution is -2.18. The molecule has 1 amide bonds. The lowest BCUT2D eigenvalue weighted by atomic mass is 9.97. The molecule has 20 heavy (non-hydrogen) atoms.